The summed E-state index contributed by atoms with van der Waals surface area (Å²) in [6, 6.07) is 7.35. The van der Waals surface area contributed by atoms with Crippen LogP contribution in [-0.4, -0.2) is 6.04 Å². The van der Waals surface area contributed by atoms with Gasteiger partial charge in [0.05, 0.1) is 0 Å². The van der Waals surface area contributed by atoms with Crippen LogP contribution in [0.2, 0.25) is 0 Å². The molecule has 0 aliphatic heterocycles. The lowest BCUT2D eigenvalue weighted by atomic mass is 9.84. The van der Waals surface area contributed by atoms with E-state index in [4.69, 9.17) is 0 Å². The van der Waals surface area contributed by atoms with Crippen LogP contribution in [0.15, 0.2) is 18.2 Å². The van der Waals surface area contributed by atoms with Gasteiger partial charge in [-0.1, -0.05) is 25.3 Å². The first-order valence-corrected chi connectivity index (χ1v) is 7.00. The van der Waals surface area contributed by atoms with Crippen LogP contribution >= 0.6 is 0 Å². The smallest absolute Gasteiger partial charge is 0.0347 e. The minimum Gasteiger partial charge on any atom is -0.382 e. The van der Waals surface area contributed by atoms with Gasteiger partial charge in [0.25, 0.3) is 0 Å². The molecule has 1 aliphatic carbocycles. The fourth-order valence-electron chi connectivity index (χ4n) is 3.07. The minimum atomic E-state index is 0.608. The van der Waals surface area contributed by atoms with Crippen molar-refractivity contribution < 1.29 is 0 Å². The van der Waals surface area contributed by atoms with Gasteiger partial charge in [0, 0.05) is 11.7 Å². The van der Waals surface area contributed by atoms with E-state index in [1.807, 2.05) is 0 Å². The van der Waals surface area contributed by atoms with Crippen molar-refractivity contribution in [2.24, 2.45) is 5.92 Å². The lowest BCUT2D eigenvalue weighted by molar-refractivity contribution is 0.328. The molecule has 1 heteroatoms. The van der Waals surface area contributed by atoms with Crippen molar-refractivity contribution in [3.63, 3.8) is 0 Å². The zero-order chi connectivity index (χ0) is 12.3. The normalized spacial score (nSPS) is 19.0. The molecule has 0 aromatic heterocycles. The molecule has 1 unspecified atom stereocenters. The standard InChI is InChI=1S/C16H25N/c1-12-9-13(2)11-16(10-12)17-14(3)15-7-5-4-6-8-15/h9-11,14-15,17H,4-8H2,1-3H3. The maximum Gasteiger partial charge on any atom is 0.0347 e. The third-order valence-electron chi connectivity index (χ3n) is 3.97. The first-order valence-electron chi connectivity index (χ1n) is 7.00. The molecule has 1 fully saturated rings. The van der Waals surface area contributed by atoms with Crippen molar-refractivity contribution in [3.05, 3.63) is 29.3 Å². The number of aryl methyl sites for hydroxylation is 2. The second-order valence-electron chi connectivity index (χ2n) is 5.71. The Labute approximate surface area is 106 Å². The fourth-order valence-corrected chi connectivity index (χ4v) is 3.07. The molecule has 0 saturated heterocycles. The van der Waals surface area contributed by atoms with Gasteiger partial charge in [0.15, 0.2) is 0 Å². The maximum absolute atomic E-state index is 3.69. The van der Waals surface area contributed by atoms with Crippen LogP contribution in [0, 0.1) is 19.8 Å². The molecule has 0 heterocycles. The Kier molecular flexibility index (Phi) is 4.09. The van der Waals surface area contributed by atoms with E-state index in [2.05, 4.69) is 44.3 Å². The van der Waals surface area contributed by atoms with E-state index < -0.39 is 0 Å². The first kappa shape index (κ1) is 12.5. The lowest BCUT2D eigenvalue weighted by Gasteiger charge is -2.29. The topological polar surface area (TPSA) is 12.0 Å². The van der Waals surface area contributed by atoms with Crippen molar-refractivity contribution in [2.45, 2.75) is 58.9 Å². The van der Waals surface area contributed by atoms with Crippen LogP contribution in [0.5, 0.6) is 0 Å². The highest BCUT2D eigenvalue weighted by atomic mass is 14.9. The van der Waals surface area contributed by atoms with Crippen LogP contribution in [0.25, 0.3) is 0 Å². The number of anilines is 1. The van der Waals surface area contributed by atoms with Crippen LogP contribution in [0.1, 0.15) is 50.2 Å². The van der Waals surface area contributed by atoms with E-state index >= 15 is 0 Å². The molecule has 1 atom stereocenters. The minimum absolute atomic E-state index is 0.608. The van der Waals surface area contributed by atoms with E-state index in [1.54, 1.807) is 0 Å². The largest absolute Gasteiger partial charge is 0.382 e. The quantitative estimate of drug-likeness (QED) is 0.796. The van der Waals surface area contributed by atoms with Gasteiger partial charge < -0.3 is 5.32 Å². The summed E-state index contributed by atoms with van der Waals surface area (Å²) in [6.07, 6.45) is 7.08. The van der Waals surface area contributed by atoms with Gasteiger partial charge in [-0.3, -0.25) is 0 Å². The van der Waals surface area contributed by atoms with Crippen molar-refractivity contribution in [2.75, 3.05) is 5.32 Å². The van der Waals surface area contributed by atoms with E-state index in [0.29, 0.717) is 6.04 Å². The summed E-state index contributed by atoms with van der Waals surface area (Å²) in [5.74, 6) is 0.865. The Morgan fingerprint density at radius 1 is 1.00 bits per heavy atom. The molecule has 1 aliphatic rings. The number of benzene rings is 1. The van der Waals surface area contributed by atoms with Gasteiger partial charge in [0.2, 0.25) is 0 Å². The molecule has 0 bridgehead atoms. The molecule has 1 aromatic rings. The van der Waals surface area contributed by atoms with E-state index in [9.17, 15) is 0 Å². The van der Waals surface area contributed by atoms with Gasteiger partial charge in [-0.25, -0.2) is 0 Å². The number of rotatable bonds is 3. The SMILES string of the molecule is Cc1cc(C)cc(NC(C)C2CCCCC2)c1. The Hall–Kier alpha value is -0.980. The average Bonchev–Trinajstić information content (AvgIpc) is 2.28. The molecule has 2 rings (SSSR count). The number of nitrogens with one attached hydrogen (secondary N) is 1. The van der Waals surface area contributed by atoms with Crippen LogP contribution in [-0.2, 0) is 0 Å². The third kappa shape index (κ3) is 3.49. The number of hydrogen-bond donors (Lipinski definition) is 1. The summed E-state index contributed by atoms with van der Waals surface area (Å²) >= 11 is 0. The monoisotopic (exact) mass is 231 g/mol. The molecule has 0 amide bonds. The van der Waals surface area contributed by atoms with Crippen molar-refractivity contribution in [1.82, 2.24) is 0 Å². The second-order valence-corrected chi connectivity index (χ2v) is 5.71. The summed E-state index contributed by atoms with van der Waals surface area (Å²) in [7, 11) is 0. The van der Waals surface area contributed by atoms with Gasteiger partial charge >= 0.3 is 0 Å². The molecule has 1 nitrogen and oxygen atoms in total. The second kappa shape index (κ2) is 5.57. The first-order chi connectivity index (χ1) is 8.15. The van der Waals surface area contributed by atoms with Crippen LogP contribution < -0.4 is 5.32 Å². The molecule has 0 radical (unpaired) electrons. The van der Waals surface area contributed by atoms with E-state index in [0.717, 1.165) is 5.92 Å². The van der Waals surface area contributed by atoms with Gasteiger partial charge in [-0.2, -0.15) is 0 Å². The van der Waals surface area contributed by atoms with Crippen molar-refractivity contribution >= 4 is 5.69 Å². The maximum atomic E-state index is 3.69. The molecule has 0 spiro atoms. The predicted octanol–water partition coefficient (Wildman–Crippen LogP) is 4.68. The van der Waals surface area contributed by atoms with E-state index in [-0.39, 0.29) is 0 Å². The molecule has 94 valence electrons. The summed E-state index contributed by atoms with van der Waals surface area (Å²) in [5, 5.41) is 3.69. The van der Waals surface area contributed by atoms with Crippen LogP contribution in [0.4, 0.5) is 5.69 Å². The summed E-state index contributed by atoms with van der Waals surface area (Å²) in [4.78, 5) is 0. The van der Waals surface area contributed by atoms with Crippen molar-refractivity contribution in [1.29, 1.82) is 0 Å². The molecule has 1 saturated carbocycles. The highest BCUT2D eigenvalue weighted by Crippen LogP contribution is 2.28. The summed E-state index contributed by atoms with van der Waals surface area (Å²) < 4.78 is 0. The summed E-state index contributed by atoms with van der Waals surface area (Å²) in [6.45, 7) is 6.68. The Bertz CT molecular complexity index is 344. The zero-order valence-electron chi connectivity index (χ0n) is 11.4. The highest BCUT2D eigenvalue weighted by Gasteiger charge is 2.19. The Morgan fingerprint density at radius 2 is 1.59 bits per heavy atom. The Morgan fingerprint density at radius 3 is 2.18 bits per heavy atom. The third-order valence-corrected chi connectivity index (χ3v) is 3.97. The lowest BCUT2D eigenvalue weighted by Crippen LogP contribution is -2.27. The van der Waals surface area contributed by atoms with Gasteiger partial charge in [-0.05, 0) is 62.8 Å². The molecule has 17 heavy (non-hydrogen) atoms. The van der Waals surface area contributed by atoms with Crippen molar-refractivity contribution in [3.8, 4) is 0 Å². The zero-order valence-corrected chi connectivity index (χ0v) is 11.4. The van der Waals surface area contributed by atoms with Gasteiger partial charge in [-0.15, -0.1) is 0 Å². The molecule has 1 aromatic carbocycles. The fraction of sp³-hybridized carbons (Fsp3) is 0.625. The molecular formula is C16H25N. The number of hydrogen-bond acceptors (Lipinski definition) is 1. The van der Waals surface area contributed by atoms with Gasteiger partial charge in [0.1, 0.15) is 0 Å². The Balaban J connectivity index is 1.99. The molecule has 1 N–H and O–H groups in total. The summed E-state index contributed by atoms with van der Waals surface area (Å²) in [5.41, 5.74) is 3.99. The average molecular weight is 231 g/mol. The van der Waals surface area contributed by atoms with Crippen LogP contribution in [0.3, 0.4) is 0 Å². The predicted molar refractivity (Wildman–Crippen MR) is 75.6 cm³/mol. The highest BCUT2D eigenvalue weighted by molar-refractivity contribution is 5.49. The van der Waals surface area contributed by atoms with E-state index in [1.165, 1.54) is 48.9 Å². The molecular weight excluding hydrogens is 206 g/mol.